The lowest BCUT2D eigenvalue weighted by Crippen LogP contribution is -2.28. The van der Waals surface area contributed by atoms with E-state index in [2.05, 4.69) is 10.2 Å². The van der Waals surface area contributed by atoms with Gasteiger partial charge in [0, 0.05) is 25.4 Å². The third-order valence-corrected chi connectivity index (χ3v) is 5.00. The Morgan fingerprint density at radius 2 is 2.10 bits per heavy atom. The van der Waals surface area contributed by atoms with Crippen LogP contribution in [0.4, 0.5) is 0 Å². The Hall–Kier alpha value is -2.13. The summed E-state index contributed by atoms with van der Waals surface area (Å²) < 4.78 is 31.4. The Kier molecular flexibility index (Phi) is 3.88. The van der Waals surface area contributed by atoms with Crippen molar-refractivity contribution < 1.29 is 22.7 Å². The van der Waals surface area contributed by atoms with E-state index in [0.717, 1.165) is 4.31 Å². The highest BCUT2D eigenvalue weighted by Crippen LogP contribution is 2.29. The van der Waals surface area contributed by atoms with Crippen molar-refractivity contribution in [3.63, 3.8) is 0 Å². The molecule has 0 fully saturated rings. The molecule has 9 heteroatoms. The number of carboxylic acid groups (broad SMARTS) is 1. The standard InChI is InChI=1S/C12H15N3O5S/c1-7-10(12(16)17)11(8(2)20-7)21(18,19)15(3)6-9-4-13-14-5-9/h4-5H,6H2,1-3H3,(H,13,14)(H,16,17). The van der Waals surface area contributed by atoms with Crippen molar-refractivity contribution in [3.8, 4) is 0 Å². The number of aromatic carboxylic acids is 1. The third-order valence-electron chi connectivity index (χ3n) is 3.05. The van der Waals surface area contributed by atoms with E-state index in [1.165, 1.54) is 27.1 Å². The second-order valence-corrected chi connectivity index (χ2v) is 6.57. The van der Waals surface area contributed by atoms with Gasteiger partial charge in [-0.25, -0.2) is 13.2 Å². The van der Waals surface area contributed by atoms with Crippen molar-refractivity contribution in [1.82, 2.24) is 14.5 Å². The summed E-state index contributed by atoms with van der Waals surface area (Å²) in [5.74, 6) is -1.21. The van der Waals surface area contributed by atoms with Crippen LogP contribution in [0.25, 0.3) is 0 Å². The van der Waals surface area contributed by atoms with E-state index in [4.69, 9.17) is 4.42 Å². The number of aromatic amines is 1. The quantitative estimate of drug-likeness (QED) is 0.855. The fourth-order valence-electron chi connectivity index (χ4n) is 2.08. The van der Waals surface area contributed by atoms with Crippen LogP contribution in [0.3, 0.4) is 0 Å². The average molecular weight is 313 g/mol. The van der Waals surface area contributed by atoms with Gasteiger partial charge in [-0.1, -0.05) is 0 Å². The number of carboxylic acids is 1. The molecule has 0 saturated carbocycles. The lowest BCUT2D eigenvalue weighted by Gasteiger charge is -2.16. The van der Waals surface area contributed by atoms with Crippen LogP contribution in [0.5, 0.6) is 0 Å². The summed E-state index contributed by atoms with van der Waals surface area (Å²) in [6, 6.07) is 0. The zero-order chi connectivity index (χ0) is 15.8. The van der Waals surface area contributed by atoms with Gasteiger partial charge in [-0.15, -0.1) is 0 Å². The zero-order valence-corrected chi connectivity index (χ0v) is 12.6. The van der Waals surface area contributed by atoms with E-state index in [0.29, 0.717) is 5.56 Å². The van der Waals surface area contributed by atoms with Crippen molar-refractivity contribution in [2.75, 3.05) is 7.05 Å². The SMILES string of the molecule is Cc1oc(C)c(S(=O)(=O)N(C)Cc2cn[nH]c2)c1C(=O)O. The first-order chi connectivity index (χ1) is 9.75. The lowest BCUT2D eigenvalue weighted by atomic mass is 10.2. The number of aryl methyl sites for hydroxylation is 2. The highest BCUT2D eigenvalue weighted by Gasteiger charge is 2.33. The maximum absolute atomic E-state index is 12.6. The first kappa shape index (κ1) is 15.3. The molecular weight excluding hydrogens is 298 g/mol. The molecule has 2 aromatic heterocycles. The topological polar surface area (TPSA) is 117 Å². The second kappa shape index (κ2) is 5.34. The number of rotatable bonds is 5. The van der Waals surface area contributed by atoms with Gasteiger partial charge in [0.1, 0.15) is 22.0 Å². The van der Waals surface area contributed by atoms with Crippen LogP contribution in [-0.2, 0) is 16.6 Å². The number of aromatic nitrogens is 2. The summed E-state index contributed by atoms with van der Waals surface area (Å²) in [6.07, 6.45) is 3.06. The van der Waals surface area contributed by atoms with Crippen LogP contribution < -0.4 is 0 Å². The largest absolute Gasteiger partial charge is 0.478 e. The van der Waals surface area contributed by atoms with Gasteiger partial charge in [0.2, 0.25) is 10.0 Å². The van der Waals surface area contributed by atoms with Crippen LogP contribution in [0.15, 0.2) is 21.7 Å². The molecule has 0 unspecified atom stereocenters. The third kappa shape index (κ3) is 2.69. The van der Waals surface area contributed by atoms with Crippen LogP contribution in [0, 0.1) is 13.8 Å². The number of furan rings is 1. The first-order valence-corrected chi connectivity index (χ1v) is 7.46. The van der Waals surface area contributed by atoms with Crippen molar-refractivity contribution in [2.24, 2.45) is 0 Å². The molecule has 2 N–H and O–H groups in total. The van der Waals surface area contributed by atoms with Gasteiger partial charge in [-0.3, -0.25) is 5.10 Å². The fraction of sp³-hybridized carbons (Fsp3) is 0.333. The van der Waals surface area contributed by atoms with Crippen LogP contribution in [0.2, 0.25) is 0 Å². The summed E-state index contributed by atoms with van der Waals surface area (Å²) >= 11 is 0. The molecule has 0 bridgehead atoms. The Morgan fingerprint density at radius 1 is 1.43 bits per heavy atom. The average Bonchev–Trinajstić information content (AvgIpc) is 2.96. The maximum Gasteiger partial charge on any atom is 0.340 e. The van der Waals surface area contributed by atoms with Crippen LogP contribution in [-0.4, -0.2) is 41.0 Å². The minimum absolute atomic E-state index is 0.0592. The predicted molar refractivity (Wildman–Crippen MR) is 72.4 cm³/mol. The minimum atomic E-state index is -3.98. The van der Waals surface area contributed by atoms with Gasteiger partial charge < -0.3 is 9.52 Å². The van der Waals surface area contributed by atoms with Gasteiger partial charge in [0.15, 0.2) is 0 Å². The van der Waals surface area contributed by atoms with Crippen molar-refractivity contribution in [2.45, 2.75) is 25.3 Å². The molecule has 0 atom stereocenters. The van der Waals surface area contributed by atoms with E-state index < -0.39 is 16.0 Å². The van der Waals surface area contributed by atoms with Crippen LogP contribution >= 0.6 is 0 Å². The predicted octanol–water partition coefficient (Wildman–Crippen LogP) is 1.14. The Labute approximate surface area is 121 Å². The van der Waals surface area contributed by atoms with Crippen molar-refractivity contribution in [1.29, 1.82) is 0 Å². The molecule has 0 aromatic carbocycles. The van der Waals surface area contributed by atoms with E-state index in [1.54, 1.807) is 6.20 Å². The number of hydrogen-bond donors (Lipinski definition) is 2. The van der Waals surface area contributed by atoms with Crippen molar-refractivity contribution in [3.05, 3.63) is 35.0 Å². The van der Waals surface area contributed by atoms with E-state index in [1.807, 2.05) is 0 Å². The molecule has 0 aliphatic rings. The van der Waals surface area contributed by atoms with Crippen LogP contribution in [0.1, 0.15) is 27.4 Å². The minimum Gasteiger partial charge on any atom is -0.478 e. The van der Waals surface area contributed by atoms with E-state index >= 15 is 0 Å². The van der Waals surface area contributed by atoms with Gasteiger partial charge >= 0.3 is 5.97 Å². The number of H-pyrrole nitrogens is 1. The number of carbonyl (C=O) groups is 1. The number of sulfonamides is 1. The molecule has 2 rings (SSSR count). The summed E-state index contributed by atoms with van der Waals surface area (Å²) in [7, 11) is -2.61. The number of hydrogen-bond acceptors (Lipinski definition) is 5. The summed E-state index contributed by atoms with van der Waals surface area (Å²) in [5, 5.41) is 15.5. The molecule has 2 aromatic rings. The molecule has 0 radical (unpaired) electrons. The summed E-state index contributed by atoms with van der Waals surface area (Å²) in [4.78, 5) is 11.0. The first-order valence-electron chi connectivity index (χ1n) is 6.02. The molecule has 0 aliphatic carbocycles. The normalized spacial score (nSPS) is 12.0. The molecule has 0 amide bonds. The van der Waals surface area contributed by atoms with E-state index in [9.17, 15) is 18.3 Å². The highest BCUT2D eigenvalue weighted by molar-refractivity contribution is 7.89. The summed E-state index contributed by atoms with van der Waals surface area (Å²) in [6.45, 7) is 2.92. The maximum atomic E-state index is 12.6. The summed E-state index contributed by atoms with van der Waals surface area (Å²) in [5.41, 5.74) is 0.336. The van der Waals surface area contributed by atoms with Crippen molar-refractivity contribution >= 4 is 16.0 Å². The monoisotopic (exact) mass is 313 g/mol. The molecule has 2 heterocycles. The zero-order valence-electron chi connectivity index (χ0n) is 11.7. The van der Waals surface area contributed by atoms with Gasteiger partial charge in [0.05, 0.1) is 6.20 Å². The smallest absolute Gasteiger partial charge is 0.340 e. The molecule has 0 spiro atoms. The molecular formula is C12H15N3O5S. The molecule has 8 nitrogen and oxygen atoms in total. The second-order valence-electron chi connectivity index (χ2n) is 4.59. The van der Waals surface area contributed by atoms with Gasteiger partial charge in [-0.05, 0) is 13.8 Å². The molecule has 0 aliphatic heterocycles. The van der Waals surface area contributed by atoms with Gasteiger partial charge in [0.25, 0.3) is 0 Å². The molecule has 114 valence electrons. The highest BCUT2D eigenvalue weighted by atomic mass is 32.2. The fourth-order valence-corrected chi connectivity index (χ4v) is 3.61. The van der Waals surface area contributed by atoms with Gasteiger partial charge in [-0.2, -0.15) is 9.40 Å². The molecule has 0 saturated heterocycles. The Balaban J connectivity index is 2.47. The van der Waals surface area contributed by atoms with E-state index in [-0.39, 0.29) is 28.5 Å². The molecule has 21 heavy (non-hydrogen) atoms. The lowest BCUT2D eigenvalue weighted by molar-refractivity contribution is 0.0691. The number of nitrogens with zero attached hydrogens (tertiary/aromatic N) is 2. The Morgan fingerprint density at radius 3 is 2.62 bits per heavy atom. The number of nitrogens with one attached hydrogen (secondary N) is 1. The Bertz CT molecular complexity index is 761.